The van der Waals surface area contributed by atoms with Gasteiger partial charge in [0.05, 0.1) is 5.92 Å². The van der Waals surface area contributed by atoms with E-state index in [1.807, 2.05) is 0 Å². The summed E-state index contributed by atoms with van der Waals surface area (Å²) in [6.45, 7) is 4.73. The van der Waals surface area contributed by atoms with Crippen LogP contribution < -0.4 is 0 Å². The first-order valence-electron chi connectivity index (χ1n) is 9.27. The van der Waals surface area contributed by atoms with E-state index in [2.05, 4.69) is 60.1 Å². The first kappa shape index (κ1) is 17.7. The summed E-state index contributed by atoms with van der Waals surface area (Å²) < 4.78 is 6.91. The molecule has 1 aliphatic heterocycles. The smallest absolute Gasteiger partial charge is 0.310 e. The Morgan fingerprint density at radius 2 is 2.08 bits per heavy atom. The van der Waals surface area contributed by atoms with Crippen molar-refractivity contribution < 1.29 is 9.53 Å². The Hall–Kier alpha value is -0.740. The van der Waals surface area contributed by atoms with Crippen molar-refractivity contribution in [3.63, 3.8) is 0 Å². The second-order valence-corrected chi connectivity index (χ2v) is 10.1. The number of ether oxygens (including phenoxy) is 1. The molecule has 0 amide bonds. The van der Waals surface area contributed by atoms with E-state index in [-0.39, 0.29) is 29.3 Å². The molecule has 1 saturated carbocycles. The van der Waals surface area contributed by atoms with Crippen LogP contribution in [-0.2, 0) is 9.53 Å². The van der Waals surface area contributed by atoms with E-state index < -0.39 is 0 Å². The summed E-state index contributed by atoms with van der Waals surface area (Å²) in [5.41, 5.74) is 1.84. The van der Waals surface area contributed by atoms with Crippen LogP contribution in [0.2, 0.25) is 0 Å². The highest BCUT2D eigenvalue weighted by atomic mass is 79.9. The van der Waals surface area contributed by atoms with Gasteiger partial charge in [-0.1, -0.05) is 47.8 Å². The molecule has 5 unspecified atom stereocenters. The summed E-state index contributed by atoms with van der Waals surface area (Å²) in [6, 6.07) is 8.31. The monoisotopic (exact) mass is 420 g/mol. The third-order valence-corrected chi connectivity index (χ3v) is 7.98. The maximum absolute atomic E-state index is 12.5. The summed E-state index contributed by atoms with van der Waals surface area (Å²) in [5.74, 6) is 1.71. The average Bonchev–Trinajstić information content (AvgIpc) is 2.86. The molecule has 4 heteroatoms. The van der Waals surface area contributed by atoms with Crippen LogP contribution in [0.3, 0.4) is 0 Å². The van der Waals surface area contributed by atoms with Crippen molar-refractivity contribution in [2.45, 2.75) is 50.5 Å². The van der Waals surface area contributed by atoms with Crippen LogP contribution in [0.1, 0.15) is 39.5 Å². The third kappa shape index (κ3) is 3.32. The van der Waals surface area contributed by atoms with Crippen LogP contribution in [0, 0.1) is 23.2 Å². The number of carbonyl (C=O) groups is 1. The van der Waals surface area contributed by atoms with Crippen LogP contribution in [-0.4, -0.2) is 17.8 Å². The minimum atomic E-state index is -0.00942. The van der Waals surface area contributed by atoms with Gasteiger partial charge in [-0.15, -0.1) is 11.8 Å². The number of benzene rings is 1. The molecule has 1 aromatic carbocycles. The fourth-order valence-corrected chi connectivity index (χ4v) is 6.28. The predicted octanol–water partition coefficient (Wildman–Crippen LogP) is 5.86. The molecule has 2 aliphatic carbocycles. The molecule has 2 fully saturated rings. The average molecular weight is 421 g/mol. The molecule has 1 saturated heterocycles. The molecule has 5 atom stereocenters. The van der Waals surface area contributed by atoms with E-state index >= 15 is 0 Å². The summed E-state index contributed by atoms with van der Waals surface area (Å²) in [7, 11) is 0. The molecule has 0 N–H and O–H groups in total. The molecule has 2 nitrogen and oxygen atoms in total. The van der Waals surface area contributed by atoms with Gasteiger partial charge in [-0.2, -0.15) is 0 Å². The summed E-state index contributed by atoms with van der Waals surface area (Å²) >= 11 is 5.23. The number of rotatable bonds is 3. The van der Waals surface area contributed by atoms with Crippen LogP contribution in [0.4, 0.5) is 0 Å². The minimum absolute atomic E-state index is 0.00589. The highest BCUT2D eigenvalue weighted by Gasteiger charge is 2.51. The van der Waals surface area contributed by atoms with Gasteiger partial charge < -0.3 is 4.74 Å². The zero-order valence-electron chi connectivity index (χ0n) is 14.8. The van der Waals surface area contributed by atoms with Crippen molar-refractivity contribution in [2.75, 3.05) is 5.75 Å². The number of allylic oxidation sites excluding steroid dienone is 1. The van der Waals surface area contributed by atoms with Gasteiger partial charge in [-0.25, -0.2) is 0 Å². The first-order chi connectivity index (χ1) is 12.0. The fourth-order valence-electron chi connectivity index (χ4n) is 4.96. The second-order valence-electron chi connectivity index (χ2n) is 8.10. The number of halogens is 1. The predicted molar refractivity (Wildman–Crippen MR) is 106 cm³/mol. The molecule has 0 aromatic heterocycles. The fraction of sp³-hybridized carbons (Fsp3) is 0.571. The number of esters is 1. The van der Waals surface area contributed by atoms with E-state index in [1.165, 1.54) is 24.2 Å². The standard InChI is InChI=1S/C21H25BrO2S/c1-13-4-3-9-21(2)11-19-16(10-18(13)21)17(20(23)24-19)12-25-15-7-5-14(22)6-8-15/h5-8,10,13,16-17,19H,3-4,9,11-12H2,1-2H3. The molecule has 25 heavy (non-hydrogen) atoms. The van der Waals surface area contributed by atoms with Crippen molar-refractivity contribution in [3.8, 4) is 0 Å². The Morgan fingerprint density at radius 3 is 2.84 bits per heavy atom. The molecule has 0 spiro atoms. The Labute approximate surface area is 162 Å². The van der Waals surface area contributed by atoms with Crippen LogP contribution in [0.25, 0.3) is 0 Å². The van der Waals surface area contributed by atoms with Crippen molar-refractivity contribution in [2.24, 2.45) is 23.2 Å². The molecule has 0 bridgehead atoms. The van der Waals surface area contributed by atoms with Gasteiger partial charge in [0, 0.05) is 21.0 Å². The normalized spacial score (nSPS) is 37.1. The van der Waals surface area contributed by atoms with Gasteiger partial charge in [-0.05, 0) is 54.9 Å². The molecule has 134 valence electrons. The summed E-state index contributed by atoms with van der Waals surface area (Å²) in [4.78, 5) is 13.7. The van der Waals surface area contributed by atoms with Crippen molar-refractivity contribution in [3.05, 3.63) is 40.4 Å². The van der Waals surface area contributed by atoms with E-state index in [1.54, 1.807) is 17.3 Å². The maximum atomic E-state index is 12.5. The summed E-state index contributed by atoms with van der Waals surface area (Å²) in [5, 5.41) is 0. The number of fused-ring (bicyclic) bond motifs is 2. The lowest BCUT2D eigenvalue weighted by atomic mass is 9.59. The van der Waals surface area contributed by atoms with Crippen LogP contribution >= 0.6 is 27.7 Å². The Morgan fingerprint density at radius 1 is 1.32 bits per heavy atom. The molecule has 4 rings (SSSR count). The molecule has 0 radical (unpaired) electrons. The number of hydrogen-bond acceptors (Lipinski definition) is 3. The number of thioether (sulfide) groups is 1. The van der Waals surface area contributed by atoms with E-state index in [9.17, 15) is 4.79 Å². The lowest BCUT2D eigenvalue weighted by Gasteiger charge is -2.46. The quantitative estimate of drug-likeness (QED) is 0.348. The van der Waals surface area contributed by atoms with Crippen LogP contribution in [0.5, 0.6) is 0 Å². The molecule has 1 aromatic rings. The second kappa shape index (κ2) is 6.77. The minimum Gasteiger partial charge on any atom is -0.461 e. The molecular weight excluding hydrogens is 396 g/mol. The SMILES string of the molecule is CC1CCCC2(C)CC3OC(=O)C(CSc4ccc(Br)cc4)C3C=C12. The van der Waals surface area contributed by atoms with Crippen molar-refractivity contribution >= 4 is 33.7 Å². The van der Waals surface area contributed by atoms with Crippen molar-refractivity contribution in [1.29, 1.82) is 0 Å². The van der Waals surface area contributed by atoms with Gasteiger partial charge in [0.25, 0.3) is 0 Å². The zero-order valence-corrected chi connectivity index (χ0v) is 17.2. The van der Waals surface area contributed by atoms with Gasteiger partial charge in [0.15, 0.2) is 0 Å². The number of carbonyl (C=O) groups excluding carboxylic acids is 1. The summed E-state index contributed by atoms with van der Waals surface area (Å²) in [6.07, 6.45) is 7.36. The Kier molecular flexibility index (Phi) is 4.78. The van der Waals surface area contributed by atoms with Gasteiger partial charge in [-0.3, -0.25) is 4.79 Å². The lowest BCUT2D eigenvalue weighted by molar-refractivity contribution is -0.144. The topological polar surface area (TPSA) is 26.3 Å². The highest BCUT2D eigenvalue weighted by Crippen LogP contribution is 2.54. The maximum Gasteiger partial charge on any atom is 0.310 e. The van der Waals surface area contributed by atoms with Gasteiger partial charge in [0.2, 0.25) is 0 Å². The number of hydrogen-bond donors (Lipinski definition) is 0. The third-order valence-electron chi connectivity index (χ3n) is 6.32. The zero-order chi connectivity index (χ0) is 17.6. The van der Waals surface area contributed by atoms with E-state index in [0.29, 0.717) is 5.92 Å². The van der Waals surface area contributed by atoms with Gasteiger partial charge in [0.1, 0.15) is 6.10 Å². The first-order valence-corrected chi connectivity index (χ1v) is 11.1. The molecule has 1 heterocycles. The molecule has 3 aliphatic rings. The van der Waals surface area contributed by atoms with Crippen molar-refractivity contribution in [1.82, 2.24) is 0 Å². The molecular formula is C21H25BrO2S. The van der Waals surface area contributed by atoms with E-state index in [4.69, 9.17) is 4.74 Å². The largest absolute Gasteiger partial charge is 0.461 e. The van der Waals surface area contributed by atoms with Crippen LogP contribution in [0.15, 0.2) is 45.3 Å². The lowest BCUT2D eigenvalue weighted by Crippen LogP contribution is -2.39. The van der Waals surface area contributed by atoms with Gasteiger partial charge >= 0.3 is 5.97 Å². The highest BCUT2D eigenvalue weighted by molar-refractivity contribution is 9.10. The van der Waals surface area contributed by atoms with E-state index in [0.717, 1.165) is 16.6 Å². The Bertz CT molecular complexity index is 698. The Balaban J connectivity index is 1.53.